The number of allylic oxidation sites excluding steroid dienone is 1. The lowest BCUT2D eigenvalue weighted by molar-refractivity contribution is 0.293. The number of benzene rings is 1. The number of ether oxygens (including phenoxy) is 1. The summed E-state index contributed by atoms with van der Waals surface area (Å²) in [6.45, 7) is 4.18. The molecule has 0 bridgehead atoms. The van der Waals surface area contributed by atoms with Crippen molar-refractivity contribution in [1.29, 1.82) is 0 Å². The molecule has 0 radical (unpaired) electrons. The van der Waals surface area contributed by atoms with Crippen LogP contribution in [0, 0.1) is 0 Å². The Morgan fingerprint density at radius 3 is 2.94 bits per heavy atom. The van der Waals surface area contributed by atoms with E-state index in [9.17, 15) is 4.79 Å². The zero-order chi connectivity index (χ0) is 12.8. The fourth-order valence-corrected chi connectivity index (χ4v) is 1.72. The fraction of sp³-hybridized carbons (Fsp3) is 0.267. The molecule has 0 aliphatic rings. The van der Waals surface area contributed by atoms with Gasteiger partial charge in [0.2, 0.25) is 5.75 Å². The average Bonchev–Trinajstić information content (AvgIpc) is 2.39. The van der Waals surface area contributed by atoms with E-state index in [1.165, 1.54) is 0 Å². The number of para-hydroxylation sites is 1. The molecule has 0 N–H and O–H groups in total. The van der Waals surface area contributed by atoms with Crippen molar-refractivity contribution in [2.24, 2.45) is 0 Å². The molecule has 1 heterocycles. The first-order valence-electron chi connectivity index (χ1n) is 6.08. The van der Waals surface area contributed by atoms with Gasteiger partial charge >= 0.3 is 5.63 Å². The van der Waals surface area contributed by atoms with E-state index in [1.54, 1.807) is 12.1 Å². The first-order chi connectivity index (χ1) is 8.81. The van der Waals surface area contributed by atoms with E-state index in [0.29, 0.717) is 12.2 Å². The molecule has 18 heavy (non-hydrogen) atoms. The molecule has 0 saturated heterocycles. The molecule has 1 aromatic heterocycles. The van der Waals surface area contributed by atoms with Crippen LogP contribution in [0.1, 0.15) is 19.3 Å². The maximum Gasteiger partial charge on any atom is 0.379 e. The fourth-order valence-electron chi connectivity index (χ4n) is 1.72. The first kappa shape index (κ1) is 12.4. The first-order valence-corrected chi connectivity index (χ1v) is 6.08. The summed E-state index contributed by atoms with van der Waals surface area (Å²) in [4.78, 5) is 11.6. The minimum Gasteiger partial charge on any atom is -0.487 e. The third kappa shape index (κ3) is 3.00. The van der Waals surface area contributed by atoms with Crippen molar-refractivity contribution in [2.45, 2.75) is 19.3 Å². The van der Waals surface area contributed by atoms with Crippen LogP contribution in [0.25, 0.3) is 11.0 Å². The Balaban J connectivity index is 2.06. The second-order valence-corrected chi connectivity index (χ2v) is 4.07. The molecular weight excluding hydrogens is 228 g/mol. The van der Waals surface area contributed by atoms with Crippen LogP contribution in [-0.4, -0.2) is 6.61 Å². The Bertz CT molecular complexity index is 584. The third-order valence-electron chi connectivity index (χ3n) is 2.67. The number of hydrogen-bond donors (Lipinski definition) is 0. The second kappa shape index (κ2) is 6.05. The zero-order valence-electron chi connectivity index (χ0n) is 10.2. The van der Waals surface area contributed by atoms with Crippen LogP contribution in [0.5, 0.6) is 5.75 Å². The summed E-state index contributed by atoms with van der Waals surface area (Å²) in [5.74, 6) is 0.285. The Hall–Kier alpha value is -2.03. The molecule has 3 nitrogen and oxygen atoms in total. The highest BCUT2D eigenvalue weighted by Crippen LogP contribution is 2.16. The molecule has 3 heteroatoms. The SMILES string of the molecule is C=CCCCCOc1cc2ccccc2oc1=O. The molecule has 0 amide bonds. The Morgan fingerprint density at radius 1 is 1.28 bits per heavy atom. The Kier molecular flexibility index (Phi) is 4.18. The van der Waals surface area contributed by atoms with Crippen molar-refractivity contribution in [3.05, 3.63) is 53.4 Å². The Morgan fingerprint density at radius 2 is 2.11 bits per heavy atom. The van der Waals surface area contributed by atoms with Gasteiger partial charge in [0, 0.05) is 5.39 Å². The summed E-state index contributed by atoms with van der Waals surface area (Å²) >= 11 is 0. The van der Waals surface area contributed by atoms with Crippen molar-refractivity contribution in [1.82, 2.24) is 0 Å². The van der Waals surface area contributed by atoms with Crippen LogP contribution in [0.2, 0.25) is 0 Å². The highest BCUT2D eigenvalue weighted by molar-refractivity contribution is 5.77. The summed E-state index contributed by atoms with van der Waals surface area (Å²) < 4.78 is 10.6. The summed E-state index contributed by atoms with van der Waals surface area (Å²) in [6.07, 6.45) is 4.76. The highest BCUT2D eigenvalue weighted by Gasteiger charge is 2.05. The van der Waals surface area contributed by atoms with Gasteiger partial charge in [-0.15, -0.1) is 6.58 Å². The predicted octanol–water partition coefficient (Wildman–Crippen LogP) is 3.53. The lowest BCUT2D eigenvalue weighted by atomic mass is 10.2. The van der Waals surface area contributed by atoms with Gasteiger partial charge in [0.1, 0.15) is 5.58 Å². The van der Waals surface area contributed by atoms with Crippen LogP contribution in [-0.2, 0) is 0 Å². The van der Waals surface area contributed by atoms with Gasteiger partial charge in [-0.1, -0.05) is 24.3 Å². The summed E-state index contributed by atoms with van der Waals surface area (Å²) in [6, 6.07) is 9.12. The standard InChI is InChI=1S/C15H16O3/c1-2-3-4-7-10-17-14-11-12-8-5-6-9-13(12)18-15(14)16/h2,5-6,8-9,11H,1,3-4,7,10H2. The smallest absolute Gasteiger partial charge is 0.379 e. The van der Waals surface area contributed by atoms with Crippen molar-refractivity contribution in [3.8, 4) is 5.75 Å². The van der Waals surface area contributed by atoms with E-state index < -0.39 is 5.63 Å². The van der Waals surface area contributed by atoms with Crippen molar-refractivity contribution in [3.63, 3.8) is 0 Å². The van der Waals surface area contributed by atoms with E-state index in [2.05, 4.69) is 6.58 Å². The largest absolute Gasteiger partial charge is 0.487 e. The number of hydrogen-bond acceptors (Lipinski definition) is 3. The van der Waals surface area contributed by atoms with Gasteiger partial charge in [-0.05, 0) is 31.4 Å². The lowest BCUT2D eigenvalue weighted by Gasteiger charge is -2.05. The maximum absolute atomic E-state index is 11.6. The summed E-state index contributed by atoms with van der Waals surface area (Å²) in [5.41, 5.74) is 0.166. The van der Waals surface area contributed by atoms with Crippen LogP contribution in [0.4, 0.5) is 0 Å². The topological polar surface area (TPSA) is 39.4 Å². The second-order valence-electron chi connectivity index (χ2n) is 4.07. The van der Waals surface area contributed by atoms with Gasteiger partial charge < -0.3 is 9.15 Å². The van der Waals surface area contributed by atoms with Gasteiger partial charge in [0.05, 0.1) is 6.61 Å². The van der Waals surface area contributed by atoms with Crippen molar-refractivity contribution in [2.75, 3.05) is 6.61 Å². The lowest BCUT2D eigenvalue weighted by Crippen LogP contribution is -2.07. The predicted molar refractivity (Wildman–Crippen MR) is 72.0 cm³/mol. The molecule has 0 aliphatic carbocycles. The number of rotatable bonds is 6. The molecule has 0 aliphatic heterocycles. The van der Waals surface area contributed by atoms with Crippen molar-refractivity contribution >= 4 is 11.0 Å². The minimum absolute atomic E-state index is 0.285. The normalized spacial score (nSPS) is 10.4. The summed E-state index contributed by atoms with van der Waals surface area (Å²) in [7, 11) is 0. The molecule has 0 unspecified atom stereocenters. The zero-order valence-corrected chi connectivity index (χ0v) is 10.2. The minimum atomic E-state index is -0.419. The molecule has 0 saturated carbocycles. The summed E-state index contributed by atoms with van der Waals surface area (Å²) in [5, 5.41) is 0.873. The number of unbranched alkanes of at least 4 members (excludes halogenated alkanes) is 2. The van der Waals surface area contributed by atoms with Gasteiger partial charge in [-0.2, -0.15) is 0 Å². The molecule has 94 valence electrons. The van der Waals surface area contributed by atoms with E-state index in [0.717, 1.165) is 24.6 Å². The monoisotopic (exact) mass is 244 g/mol. The van der Waals surface area contributed by atoms with E-state index >= 15 is 0 Å². The van der Waals surface area contributed by atoms with Crippen LogP contribution in [0.15, 0.2) is 52.2 Å². The van der Waals surface area contributed by atoms with Gasteiger partial charge in [0.25, 0.3) is 0 Å². The van der Waals surface area contributed by atoms with E-state index in [4.69, 9.17) is 9.15 Å². The average molecular weight is 244 g/mol. The molecular formula is C15H16O3. The van der Waals surface area contributed by atoms with Gasteiger partial charge in [-0.25, -0.2) is 4.79 Å². The van der Waals surface area contributed by atoms with Crippen LogP contribution < -0.4 is 10.4 Å². The van der Waals surface area contributed by atoms with Gasteiger partial charge in [0.15, 0.2) is 0 Å². The third-order valence-corrected chi connectivity index (χ3v) is 2.67. The molecule has 2 rings (SSSR count). The van der Waals surface area contributed by atoms with Gasteiger partial charge in [-0.3, -0.25) is 0 Å². The van der Waals surface area contributed by atoms with Crippen molar-refractivity contribution < 1.29 is 9.15 Å². The molecule has 1 aromatic carbocycles. The molecule has 0 fully saturated rings. The van der Waals surface area contributed by atoms with Crippen LogP contribution in [0.3, 0.4) is 0 Å². The van der Waals surface area contributed by atoms with Crippen LogP contribution >= 0.6 is 0 Å². The van der Waals surface area contributed by atoms with E-state index in [-0.39, 0.29) is 5.75 Å². The molecule has 0 spiro atoms. The van der Waals surface area contributed by atoms with E-state index in [1.807, 2.05) is 24.3 Å². The Labute approximate surface area is 106 Å². The molecule has 0 atom stereocenters. The number of fused-ring (bicyclic) bond motifs is 1. The maximum atomic E-state index is 11.6. The highest BCUT2D eigenvalue weighted by atomic mass is 16.5. The quantitative estimate of drug-likeness (QED) is 0.443. The molecule has 2 aromatic rings.